The fourth-order valence-electron chi connectivity index (χ4n) is 0.757. The molecule has 20 heavy (non-hydrogen) atoms. The number of hydrogen-bond acceptors (Lipinski definition) is 6. The number of carbonyl (C=O) groups excluding carboxylic acids is 1. The van der Waals surface area contributed by atoms with Crippen molar-refractivity contribution >= 4 is 6.29 Å². The standard InChI is InChI=1S/C9H19NO4.C5H12O/c10-2-5-13-7-9-14-8-6-12-4-1-3-11;1-5(2,3)6-4/h3H,1-2,4-10H2;1-4H3. The van der Waals surface area contributed by atoms with Crippen LogP contribution in [0.1, 0.15) is 27.2 Å². The summed E-state index contributed by atoms with van der Waals surface area (Å²) in [5.74, 6) is 0. The molecule has 0 saturated heterocycles. The van der Waals surface area contributed by atoms with Crippen LogP contribution in [-0.2, 0) is 23.7 Å². The van der Waals surface area contributed by atoms with Gasteiger partial charge in [0.2, 0.25) is 0 Å². The summed E-state index contributed by atoms with van der Waals surface area (Å²) in [6.07, 6.45) is 1.28. The molecule has 0 atom stereocenters. The highest BCUT2D eigenvalue weighted by Gasteiger charge is 2.04. The first-order valence-electron chi connectivity index (χ1n) is 6.90. The minimum Gasteiger partial charge on any atom is -0.379 e. The van der Waals surface area contributed by atoms with E-state index in [-0.39, 0.29) is 5.60 Å². The van der Waals surface area contributed by atoms with E-state index in [4.69, 9.17) is 24.7 Å². The van der Waals surface area contributed by atoms with E-state index >= 15 is 0 Å². The van der Waals surface area contributed by atoms with Crippen LogP contribution >= 0.6 is 0 Å². The first kappa shape index (κ1) is 21.8. The van der Waals surface area contributed by atoms with Crippen molar-refractivity contribution in [1.82, 2.24) is 0 Å². The molecular formula is C14H31NO5. The lowest BCUT2D eigenvalue weighted by atomic mass is 10.2. The van der Waals surface area contributed by atoms with Gasteiger partial charge in [-0.3, -0.25) is 0 Å². The van der Waals surface area contributed by atoms with E-state index < -0.39 is 0 Å². The first-order valence-corrected chi connectivity index (χ1v) is 6.90. The monoisotopic (exact) mass is 293 g/mol. The molecule has 0 rings (SSSR count). The van der Waals surface area contributed by atoms with Crippen LogP contribution in [-0.4, -0.2) is 65.2 Å². The molecule has 0 aromatic carbocycles. The normalized spacial score (nSPS) is 10.8. The van der Waals surface area contributed by atoms with Gasteiger partial charge in [0.05, 0.1) is 45.2 Å². The zero-order valence-corrected chi connectivity index (χ0v) is 13.4. The molecule has 0 radical (unpaired) electrons. The Bertz CT molecular complexity index is 194. The van der Waals surface area contributed by atoms with Gasteiger partial charge in [-0.25, -0.2) is 0 Å². The molecule has 0 aromatic heterocycles. The van der Waals surface area contributed by atoms with Crippen molar-refractivity contribution in [2.24, 2.45) is 5.73 Å². The third-order valence-corrected chi connectivity index (χ3v) is 2.00. The zero-order chi connectivity index (χ0) is 15.7. The predicted molar refractivity (Wildman–Crippen MR) is 79.0 cm³/mol. The Morgan fingerprint density at radius 3 is 1.65 bits per heavy atom. The average Bonchev–Trinajstić information content (AvgIpc) is 2.41. The van der Waals surface area contributed by atoms with E-state index in [2.05, 4.69) is 0 Å². The van der Waals surface area contributed by atoms with Gasteiger partial charge in [0.1, 0.15) is 6.29 Å². The lowest BCUT2D eigenvalue weighted by molar-refractivity contribution is -0.108. The summed E-state index contributed by atoms with van der Waals surface area (Å²) in [5, 5.41) is 0. The SMILES string of the molecule is COC(C)(C)C.NCCOCCOCCOCCC=O. The molecule has 2 N–H and O–H groups in total. The fraction of sp³-hybridized carbons (Fsp3) is 0.929. The van der Waals surface area contributed by atoms with Crippen LogP contribution in [0, 0.1) is 0 Å². The summed E-state index contributed by atoms with van der Waals surface area (Å²) >= 11 is 0. The third-order valence-electron chi connectivity index (χ3n) is 2.00. The van der Waals surface area contributed by atoms with E-state index in [1.807, 2.05) is 20.8 Å². The molecule has 6 heteroatoms. The Morgan fingerprint density at radius 2 is 1.30 bits per heavy atom. The number of aldehydes is 1. The summed E-state index contributed by atoms with van der Waals surface area (Å²) in [4.78, 5) is 9.90. The molecule has 122 valence electrons. The van der Waals surface area contributed by atoms with E-state index in [0.29, 0.717) is 52.6 Å². The Balaban J connectivity index is 0. The van der Waals surface area contributed by atoms with Crippen molar-refractivity contribution < 1.29 is 23.7 Å². The molecule has 0 unspecified atom stereocenters. The molecule has 0 amide bonds. The second-order valence-electron chi connectivity index (χ2n) is 4.90. The zero-order valence-electron chi connectivity index (χ0n) is 13.4. The van der Waals surface area contributed by atoms with Gasteiger partial charge in [0, 0.05) is 20.1 Å². The van der Waals surface area contributed by atoms with Gasteiger partial charge >= 0.3 is 0 Å². The van der Waals surface area contributed by atoms with Crippen LogP contribution in [0.25, 0.3) is 0 Å². The maximum atomic E-state index is 9.90. The van der Waals surface area contributed by atoms with Crippen molar-refractivity contribution in [3.05, 3.63) is 0 Å². The summed E-state index contributed by atoms with van der Waals surface area (Å²) in [7, 11) is 1.71. The van der Waals surface area contributed by atoms with Crippen LogP contribution in [0.2, 0.25) is 0 Å². The lowest BCUT2D eigenvalue weighted by Gasteiger charge is -2.14. The van der Waals surface area contributed by atoms with Crippen LogP contribution in [0.5, 0.6) is 0 Å². The van der Waals surface area contributed by atoms with Crippen LogP contribution < -0.4 is 5.73 Å². The molecule has 0 aliphatic rings. The van der Waals surface area contributed by atoms with Gasteiger partial charge in [-0.1, -0.05) is 0 Å². The predicted octanol–water partition coefficient (Wildman–Crippen LogP) is 1.02. The molecule has 0 aromatic rings. The van der Waals surface area contributed by atoms with E-state index in [1.54, 1.807) is 7.11 Å². The molecule has 0 aliphatic heterocycles. The molecule has 0 aliphatic carbocycles. The van der Waals surface area contributed by atoms with E-state index in [1.165, 1.54) is 0 Å². The lowest BCUT2D eigenvalue weighted by Crippen LogP contribution is -2.15. The van der Waals surface area contributed by atoms with Crippen molar-refractivity contribution in [3.8, 4) is 0 Å². The molecule has 0 saturated carbocycles. The highest BCUT2D eigenvalue weighted by atomic mass is 16.5. The number of ether oxygens (including phenoxy) is 4. The summed E-state index contributed by atoms with van der Waals surface area (Å²) in [6, 6.07) is 0. The summed E-state index contributed by atoms with van der Waals surface area (Å²) in [5.41, 5.74) is 5.26. The highest BCUT2D eigenvalue weighted by molar-refractivity contribution is 5.49. The van der Waals surface area contributed by atoms with Gasteiger partial charge in [-0.2, -0.15) is 0 Å². The Kier molecular flexibility index (Phi) is 18.0. The molecule has 0 spiro atoms. The maximum Gasteiger partial charge on any atom is 0.122 e. The molecule has 0 heterocycles. The summed E-state index contributed by atoms with van der Waals surface area (Å²) in [6.45, 7) is 9.80. The van der Waals surface area contributed by atoms with E-state index in [0.717, 1.165) is 6.29 Å². The van der Waals surface area contributed by atoms with Crippen molar-refractivity contribution in [3.63, 3.8) is 0 Å². The van der Waals surface area contributed by atoms with Crippen molar-refractivity contribution in [2.75, 3.05) is 53.3 Å². The Labute approximate surface area is 122 Å². The largest absolute Gasteiger partial charge is 0.379 e. The number of carbonyl (C=O) groups is 1. The number of nitrogens with two attached hydrogens (primary N) is 1. The molecule has 6 nitrogen and oxygen atoms in total. The first-order chi connectivity index (χ1) is 9.47. The minimum absolute atomic E-state index is 0.0417. The topological polar surface area (TPSA) is 80.0 Å². The van der Waals surface area contributed by atoms with Crippen molar-refractivity contribution in [2.45, 2.75) is 32.8 Å². The Morgan fingerprint density at radius 1 is 0.900 bits per heavy atom. The van der Waals surface area contributed by atoms with Gasteiger partial charge < -0.3 is 29.5 Å². The van der Waals surface area contributed by atoms with E-state index in [9.17, 15) is 4.79 Å². The Hall–Kier alpha value is -0.530. The van der Waals surface area contributed by atoms with Crippen LogP contribution in [0.3, 0.4) is 0 Å². The molecule has 0 fully saturated rings. The van der Waals surface area contributed by atoms with Crippen LogP contribution in [0.4, 0.5) is 0 Å². The second-order valence-corrected chi connectivity index (χ2v) is 4.90. The highest BCUT2D eigenvalue weighted by Crippen LogP contribution is 2.02. The quantitative estimate of drug-likeness (QED) is 0.452. The third kappa shape index (κ3) is 26.1. The van der Waals surface area contributed by atoms with Gasteiger partial charge in [0.25, 0.3) is 0 Å². The van der Waals surface area contributed by atoms with Gasteiger partial charge in [-0.15, -0.1) is 0 Å². The molecular weight excluding hydrogens is 262 g/mol. The second kappa shape index (κ2) is 16.5. The fourth-order valence-corrected chi connectivity index (χ4v) is 0.757. The van der Waals surface area contributed by atoms with Gasteiger partial charge in [-0.05, 0) is 20.8 Å². The number of rotatable bonds is 11. The number of methoxy groups -OCH3 is 1. The number of hydrogen-bond donors (Lipinski definition) is 1. The van der Waals surface area contributed by atoms with Crippen molar-refractivity contribution in [1.29, 1.82) is 0 Å². The smallest absolute Gasteiger partial charge is 0.122 e. The molecule has 0 bridgehead atoms. The summed E-state index contributed by atoms with van der Waals surface area (Å²) < 4.78 is 20.3. The van der Waals surface area contributed by atoms with Crippen LogP contribution in [0.15, 0.2) is 0 Å². The average molecular weight is 293 g/mol. The van der Waals surface area contributed by atoms with Gasteiger partial charge in [0.15, 0.2) is 0 Å². The maximum absolute atomic E-state index is 9.90. The minimum atomic E-state index is 0.0417.